The minimum Gasteiger partial charge on any atom is -0.534 e. The number of fused-ring (bicyclic) bond motifs is 1. The number of carbonyl (C=O) groups excluding carboxylic acids is 3. The van der Waals surface area contributed by atoms with Crippen LogP contribution >= 0.6 is 0 Å². The number of aromatic nitrogens is 2. The highest BCUT2D eigenvalue weighted by Gasteiger charge is 2.38. The van der Waals surface area contributed by atoms with Crippen LogP contribution in [0.25, 0.3) is 0 Å². The van der Waals surface area contributed by atoms with Gasteiger partial charge in [-0.05, 0) is 38.8 Å². The van der Waals surface area contributed by atoms with E-state index in [2.05, 4.69) is 10.3 Å². The summed E-state index contributed by atoms with van der Waals surface area (Å²) in [4.78, 5) is 40.4. The minimum absolute atomic E-state index is 0.0956. The van der Waals surface area contributed by atoms with E-state index in [1.165, 1.54) is 6.07 Å². The molecule has 1 aromatic carbocycles. The van der Waals surface area contributed by atoms with Gasteiger partial charge in [0.2, 0.25) is 12.7 Å². The molecule has 1 atom stereocenters. The van der Waals surface area contributed by atoms with Crippen LogP contribution in [0.1, 0.15) is 43.1 Å². The average molecular weight is 443 g/mol. The fraction of sp³-hybridized carbons (Fsp3) is 0.429. The van der Waals surface area contributed by atoms with Crippen molar-refractivity contribution in [2.45, 2.75) is 46.1 Å². The van der Waals surface area contributed by atoms with Crippen molar-refractivity contribution in [3.05, 3.63) is 48.0 Å². The van der Waals surface area contributed by atoms with E-state index in [0.29, 0.717) is 12.1 Å². The molecule has 2 N–H and O–H groups in total. The summed E-state index contributed by atoms with van der Waals surface area (Å²) in [6, 6.07) is 4.88. The zero-order valence-electron chi connectivity index (χ0n) is 18.2. The molecule has 10 nitrogen and oxygen atoms in total. The van der Waals surface area contributed by atoms with Gasteiger partial charge in [0.1, 0.15) is 11.3 Å². The number of hydrogen-bond acceptors (Lipinski definition) is 8. The first-order valence-corrected chi connectivity index (χ1v) is 10.2. The van der Waals surface area contributed by atoms with Crippen molar-refractivity contribution in [2.75, 3.05) is 6.79 Å². The molecule has 0 saturated heterocycles. The van der Waals surface area contributed by atoms with Gasteiger partial charge >= 0.3 is 19.1 Å². The number of benzene rings is 1. The van der Waals surface area contributed by atoms with Crippen molar-refractivity contribution in [1.82, 2.24) is 14.9 Å². The normalized spacial score (nSPS) is 15.4. The fourth-order valence-electron chi connectivity index (χ4n) is 3.07. The highest BCUT2D eigenvalue weighted by atomic mass is 16.7. The van der Waals surface area contributed by atoms with E-state index in [4.69, 9.17) is 14.1 Å². The molecule has 3 rings (SSSR count). The zero-order valence-corrected chi connectivity index (χ0v) is 18.2. The maximum atomic E-state index is 12.5. The predicted octanol–water partition coefficient (Wildman–Crippen LogP) is 1.12. The Hall–Kier alpha value is -3.34. The summed E-state index contributed by atoms with van der Waals surface area (Å²) in [5.74, 6) is -1.99. The Morgan fingerprint density at radius 1 is 1.31 bits per heavy atom. The first-order chi connectivity index (χ1) is 15.1. The Labute approximate surface area is 186 Å². The lowest BCUT2D eigenvalue weighted by Gasteiger charge is -2.29. The Kier molecular flexibility index (Phi) is 7.19. The summed E-state index contributed by atoms with van der Waals surface area (Å²) < 4.78 is 17.3. The summed E-state index contributed by atoms with van der Waals surface area (Å²) >= 11 is 0. The lowest BCUT2D eigenvalue weighted by molar-refractivity contribution is -0.161. The summed E-state index contributed by atoms with van der Waals surface area (Å²) in [5, 5.41) is 13.1. The molecule has 0 unspecified atom stereocenters. The maximum absolute atomic E-state index is 12.5. The molecule has 1 aliphatic rings. The van der Waals surface area contributed by atoms with Crippen LogP contribution in [0, 0.1) is 5.41 Å². The smallest absolute Gasteiger partial charge is 0.534 e. The van der Waals surface area contributed by atoms with Gasteiger partial charge in [0.25, 0.3) is 0 Å². The van der Waals surface area contributed by atoms with E-state index in [-0.39, 0.29) is 30.1 Å². The second-order valence-electron chi connectivity index (χ2n) is 8.46. The average Bonchev–Trinajstić information content (AvgIpc) is 3.25. The van der Waals surface area contributed by atoms with Gasteiger partial charge in [-0.1, -0.05) is 12.1 Å². The van der Waals surface area contributed by atoms with Crippen LogP contribution in [0.15, 0.2) is 36.9 Å². The quantitative estimate of drug-likeness (QED) is 0.370. The highest BCUT2D eigenvalue weighted by Crippen LogP contribution is 2.30. The van der Waals surface area contributed by atoms with Crippen molar-refractivity contribution in [3.8, 4) is 5.75 Å². The predicted molar refractivity (Wildman–Crippen MR) is 113 cm³/mol. The highest BCUT2D eigenvalue weighted by molar-refractivity contribution is 6.47. The molecule has 0 bridgehead atoms. The van der Waals surface area contributed by atoms with Crippen molar-refractivity contribution >= 4 is 25.0 Å². The van der Waals surface area contributed by atoms with E-state index < -0.39 is 37.2 Å². The van der Waals surface area contributed by atoms with Gasteiger partial charge in [-0.3, -0.25) is 9.59 Å². The molecular weight excluding hydrogens is 417 g/mol. The molecule has 0 saturated carbocycles. The van der Waals surface area contributed by atoms with E-state index in [1.807, 2.05) is 0 Å². The third-order valence-electron chi connectivity index (χ3n) is 4.83. The number of rotatable bonds is 7. The number of imidazole rings is 1. The van der Waals surface area contributed by atoms with Crippen LogP contribution in [0.5, 0.6) is 5.75 Å². The second-order valence-corrected chi connectivity index (χ2v) is 8.46. The summed E-state index contributed by atoms with van der Waals surface area (Å²) in [7, 11) is -1.34. The molecule has 0 aliphatic carbocycles. The number of aryl methyl sites for hydroxylation is 1. The van der Waals surface area contributed by atoms with Crippen molar-refractivity contribution < 1.29 is 33.5 Å². The zero-order chi connectivity index (χ0) is 23.3. The van der Waals surface area contributed by atoms with Gasteiger partial charge in [0, 0.05) is 25.4 Å². The molecule has 11 heteroatoms. The number of esters is 2. The monoisotopic (exact) mass is 443 g/mol. The van der Waals surface area contributed by atoms with Gasteiger partial charge in [0.05, 0.1) is 17.7 Å². The SMILES string of the molecule is CC(C)(C)C(=O)OCOC(=O)c1cccc2c1OB(O)[C@@H](NC(=O)CCn1ccnc1)C2. The maximum Gasteiger partial charge on any atom is 0.547 e. The Bertz CT molecular complexity index is 972. The van der Waals surface area contributed by atoms with Crippen LogP contribution < -0.4 is 9.97 Å². The van der Waals surface area contributed by atoms with Crippen molar-refractivity contribution in [1.29, 1.82) is 0 Å². The first kappa shape index (κ1) is 23.3. The van der Waals surface area contributed by atoms with Gasteiger partial charge < -0.3 is 29.0 Å². The number of nitrogens with zero attached hydrogens (tertiary/aromatic N) is 2. The molecule has 1 aromatic heterocycles. The molecule has 170 valence electrons. The Morgan fingerprint density at radius 3 is 2.78 bits per heavy atom. The standard InChI is InChI=1S/C21H26BN3O7/c1-21(2,3)20(28)31-13-30-19(27)15-6-4-5-14-11-16(22(29)32-18(14)15)24-17(26)7-9-25-10-8-23-12-25/h4-6,8,10,12,16,29H,7,9,11,13H2,1-3H3,(H,24,26)/t16-/m0/s1. The van der Waals surface area contributed by atoms with Gasteiger partial charge in [0.15, 0.2) is 0 Å². The second kappa shape index (κ2) is 9.86. The molecule has 2 aromatic rings. The molecule has 0 radical (unpaired) electrons. The lowest BCUT2D eigenvalue weighted by Crippen LogP contribution is -2.53. The molecule has 2 heterocycles. The number of carbonyl (C=O) groups is 3. The molecule has 1 aliphatic heterocycles. The summed E-state index contributed by atoms with van der Waals surface area (Å²) in [6.45, 7) is 4.99. The van der Waals surface area contributed by atoms with Gasteiger partial charge in [-0.2, -0.15) is 0 Å². The molecular formula is C21H26BN3O7. The third-order valence-corrected chi connectivity index (χ3v) is 4.83. The van der Waals surface area contributed by atoms with Crippen LogP contribution in [0.3, 0.4) is 0 Å². The minimum atomic E-state index is -1.34. The molecule has 1 amide bonds. The van der Waals surface area contributed by atoms with E-state index in [1.54, 1.807) is 56.2 Å². The third kappa shape index (κ3) is 5.88. The van der Waals surface area contributed by atoms with Gasteiger partial charge in [-0.15, -0.1) is 0 Å². The molecule has 32 heavy (non-hydrogen) atoms. The molecule has 0 spiro atoms. The van der Waals surface area contributed by atoms with Crippen LogP contribution in [0.2, 0.25) is 0 Å². The van der Waals surface area contributed by atoms with Crippen molar-refractivity contribution in [2.24, 2.45) is 5.41 Å². The lowest BCUT2D eigenvalue weighted by atomic mass is 9.72. The Morgan fingerprint density at radius 2 is 2.09 bits per heavy atom. The number of ether oxygens (including phenoxy) is 2. The summed E-state index contributed by atoms with van der Waals surface area (Å²) in [5.41, 5.74) is 0.0126. The molecule has 0 fully saturated rings. The van der Waals surface area contributed by atoms with E-state index in [0.717, 1.165) is 0 Å². The van der Waals surface area contributed by atoms with E-state index >= 15 is 0 Å². The Balaban J connectivity index is 1.58. The fourth-order valence-corrected chi connectivity index (χ4v) is 3.07. The van der Waals surface area contributed by atoms with E-state index in [9.17, 15) is 19.4 Å². The number of hydrogen-bond donors (Lipinski definition) is 2. The van der Waals surface area contributed by atoms with Crippen LogP contribution in [-0.4, -0.2) is 52.3 Å². The van der Waals surface area contributed by atoms with Crippen LogP contribution in [0.4, 0.5) is 0 Å². The number of nitrogens with one attached hydrogen (secondary N) is 1. The number of para-hydroxylation sites is 1. The van der Waals surface area contributed by atoms with Crippen molar-refractivity contribution in [3.63, 3.8) is 0 Å². The first-order valence-electron chi connectivity index (χ1n) is 10.2. The topological polar surface area (TPSA) is 129 Å². The summed E-state index contributed by atoms with van der Waals surface area (Å²) in [6.07, 6.45) is 5.49. The largest absolute Gasteiger partial charge is 0.547 e. The number of amides is 1. The van der Waals surface area contributed by atoms with Gasteiger partial charge in [-0.25, -0.2) is 9.78 Å². The van der Waals surface area contributed by atoms with Crippen LogP contribution in [-0.2, 0) is 32.0 Å².